The summed E-state index contributed by atoms with van der Waals surface area (Å²) in [6.45, 7) is 3.74. The number of carboxylic acid groups (broad SMARTS) is 1. The molecular formula is C12H9ClO4. The molecule has 1 aromatic rings. The van der Waals surface area contributed by atoms with Crippen molar-refractivity contribution < 1.29 is 19.4 Å². The van der Waals surface area contributed by atoms with Gasteiger partial charge in [-0.15, -0.1) is 0 Å². The minimum Gasteiger partial charge on any atom is -0.477 e. The monoisotopic (exact) mass is 252 g/mol. The molecule has 1 heterocycles. The highest BCUT2D eigenvalue weighted by molar-refractivity contribution is 6.43. The molecule has 0 unspecified atom stereocenters. The van der Waals surface area contributed by atoms with Crippen molar-refractivity contribution in [2.75, 3.05) is 0 Å². The van der Waals surface area contributed by atoms with Crippen molar-refractivity contribution in [2.24, 2.45) is 0 Å². The molecule has 0 fully saturated rings. The van der Waals surface area contributed by atoms with Crippen LogP contribution in [0.5, 0.6) is 5.75 Å². The van der Waals surface area contributed by atoms with Crippen LogP contribution < -0.4 is 4.74 Å². The zero-order valence-corrected chi connectivity index (χ0v) is 9.96. The van der Waals surface area contributed by atoms with Gasteiger partial charge in [-0.25, -0.2) is 4.79 Å². The van der Waals surface area contributed by atoms with Gasteiger partial charge in [-0.1, -0.05) is 11.6 Å². The number of carbonyl (C=O) groups excluding carboxylic acids is 1. The molecule has 0 bridgehead atoms. The van der Waals surface area contributed by atoms with Crippen LogP contribution in [0.1, 0.15) is 21.5 Å². The molecule has 88 valence electrons. The molecule has 17 heavy (non-hydrogen) atoms. The van der Waals surface area contributed by atoms with E-state index in [1.54, 1.807) is 12.1 Å². The number of ether oxygens (including phenoxy) is 1. The van der Waals surface area contributed by atoms with E-state index in [2.05, 4.69) is 0 Å². The first kappa shape index (κ1) is 11.7. The zero-order valence-electron chi connectivity index (χ0n) is 9.20. The van der Waals surface area contributed by atoms with Gasteiger partial charge in [0.05, 0.1) is 5.56 Å². The number of ketones is 1. The van der Waals surface area contributed by atoms with E-state index in [1.807, 2.05) is 13.8 Å². The van der Waals surface area contributed by atoms with Gasteiger partial charge in [-0.05, 0) is 37.1 Å². The minimum atomic E-state index is -1.38. The van der Waals surface area contributed by atoms with Crippen molar-refractivity contribution in [1.82, 2.24) is 0 Å². The molecule has 2 rings (SSSR count). The molecule has 0 aromatic heterocycles. The van der Waals surface area contributed by atoms with Crippen LogP contribution in [0.15, 0.2) is 22.9 Å². The molecule has 1 N–H and O–H groups in total. The van der Waals surface area contributed by atoms with Gasteiger partial charge in [-0.3, -0.25) is 4.79 Å². The van der Waals surface area contributed by atoms with Crippen LogP contribution in [0.25, 0.3) is 0 Å². The summed E-state index contributed by atoms with van der Waals surface area (Å²) in [5.74, 6) is -1.83. The van der Waals surface area contributed by atoms with E-state index in [0.29, 0.717) is 11.3 Å². The number of hydrogen-bond donors (Lipinski definition) is 1. The van der Waals surface area contributed by atoms with Gasteiger partial charge in [0, 0.05) is 0 Å². The van der Waals surface area contributed by atoms with Crippen molar-refractivity contribution in [1.29, 1.82) is 0 Å². The average molecular weight is 253 g/mol. The third-order valence-electron chi connectivity index (χ3n) is 2.65. The molecule has 1 aliphatic heterocycles. The Labute approximate surface area is 102 Å². The topological polar surface area (TPSA) is 63.6 Å². The van der Waals surface area contributed by atoms with E-state index < -0.39 is 16.8 Å². The summed E-state index contributed by atoms with van der Waals surface area (Å²) in [5, 5.41) is 8.13. The van der Waals surface area contributed by atoms with E-state index in [4.69, 9.17) is 21.4 Å². The highest BCUT2D eigenvalue weighted by atomic mass is 35.5. The van der Waals surface area contributed by atoms with E-state index in [1.165, 1.54) is 0 Å². The van der Waals surface area contributed by atoms with Crippen LogP contribution >= 0.6 is 11.6 Å². The summed E-state index contributed by atoms with van der Waals surface area (Å²) in [6, 6.07) is 3.37. The summed E-state index contributed by atoms with van der Waals surface area (Å²) < 4.78 is 5.20. The van der Waals surface area contributed by atoms with Crippen LogP contribution in [0, 0.1) is 13.8 Å². The van der Waals surface area contributed by atoms with Crippen LogP contribution in [0.4, 0.5) is 0 Å². The molecule has 5 heteroatoms. The Morgan fingerprint density at radius 2 is 1.88 bits per heavy atom. The molecule has 0 atom stereocenters. The number of rotatable bonds is 1. The van der Waals surface area contributed by atoms with Gasteiger partial charge < -0.3 is 9.84 Å². The maximum absolute atomic E-state index is 11.9. The Bertz CT molecular complexity index is 572. The van der Waals surface area contributed by atoms with E-state index in [0.717, 1.165) is 11.1 Å². The fourth-order valence-electron chi connectivity index (χ4n) is 1.57. The average Bonchev–Trinajstić information content (AvgIpc) is 2.56. The van der Waals surface area contributed by atoms with Gasteiger partial charge in [0.25, 0.3) is 0 Å². The van der Waals surface area contributed by atoms with Crippen LogP contribution in [0.3, 0.4) is 0 Å². The van der Waals surface area contributed by atoms with Crippen LogP contribution in [0.2, 0.25) is 0 Å². The molecule has 1 aliphatic rings. The summed E-state index contributed by atoms with van der Waals surface area (Å²) in [5.41, 5.74) is 2.25. The minimum absolute atomic E-state index is 0.320. The molecule has 0 radical (unpaired) electrons. The lowest BCUT2D eigenvalue weighted by molar-refractivity contribution is -0.132. The molecular weight excluding hydrogens is 244 g/mol. The van der Waals surface area contributed by atoms with Gasteiger partial charge in [0.15, 0.2) is 5.03 Å². The molecule has 0 amide bonds. The van der Waals surface area contributed by atoms with Crippen molar-refractivity contribution in [3.05, 3.63) is 39.6 Å². The van der Waals surface area contributed by atoms with Gasteiger partial charge in [-0.2, -0.15) is 0 Å². The van der Waals surface area contributed by atoms with E-state index in [-0.39, 0.29) is 5.76 Å². The van der Waals surface area contributed by atoms with Crippen molar-refractivity contribution in [2.45, 2.75) is 13.8 Å². The van der Waals surface area contributed by atoms with E-state index in [9.17, 15) is 9.59 Å². The number of carboxylic acids is 1. The normalized spacial score (nSPS) is 16.5. The highest BCUT2D eigenvalue weighted by Gasteiger charge is 2.32. The van der Waals surface area contributed by atoms with Gasteiger partial charge in [0.2, 0.25) is 11.5 Å². The first-order valence-electron chi connectivity index (χ1n) is 4.88. The van der Waals surface area contributed by atoms with E-state index >= 15 is 0 Å². The highest BCUT2D eigenvalue weighted by Crippen LogP contribution is 2.35. The van der Waals surface area contributed by atoms with Gasteiger partial charge in [0.1, 0.15) is 5.75 Å². The van der Waals surface area contributed by atoms with Crippen molar-refractivity contribution >= 4 is 23.4 Å². The molecule has 1 aromatic carbocycles. The van der Waals surface area contributed by atoms with Gasteiger partial charge >= 0.3 is 5.97 Å². The molecule has 0 saturated heterocycles. The maximum atomic E-state index is 11.9. The number of halogens is 1. The Kier molecular flexibility index (Phi) is 2.67. The maximum Gasteiger partial charge on any atom is 0.351 e. The SMILES string of the molecule is Cc1cc2c(cc1C)C(=O)C(=C(Cl)C(=O)O)O2. The first-order valence-corrected chi connectivity index (χ1v) is 5.26. The molecule has 0 spiro atoms. The summed E-state index contributed by atoms with van der Waals surface area (Å²) in [4.78, 5) is 22.6. The van der Waals surface area contributed by atoms with Crippen LogP contribution in [-0.2, 0) is 4.79 Å². The van der Waals surface area contributed by atoms with Crippen molar-refractivity contribution in [3.8, 4) is 5.75 Å². The Balaban J connectivity index is 2.57. The third kappa shape index (κ3) is 1.80. The lowest BCUT2D eigenvalue weighted by Gasteiger charge is -2.02. The largest absolute Gasteiger partial charge is 0.477 e. The number of aliphatic carboxylic acids is 1. The molecule has 0 saturated carbocycles. The van der Waals surface area contributed by atoms with Crippen LogP contribution in [-0.4, -0.2) is 16.9 Å². The second-order valence-corrected chi connectivity index (χ2v) is 4.19. The molecule has 0 aliphatic carbocycles. The standard InChI is InChI=1S/C12H9ClO4/c1-5-3-7-8(4-6(5)2)17-11(10(7)14)9(13)12(15)16/h3-4H,1-2H3,(H,15,16). The number of carbonyl (C=O) groups is 2. The predicted octanol–water partition coefficient (Wildman–Crippen LogP) is 2.41. The number of fused-ring (bicyclic) bond motifs is 1. The Morgan fingerprint density at radius 3 is 2.47 bits per heavy atom. The fraction of sp³-hybridized carbons (Fsp3) is 0.167. The third-order valence-corrected chi connectivity index (χ3v) is 2.98. The second-order valence-electron chi connectivity index (χ2n) is 3.81. The summed E-state index contributed by atoms with van der Waals surface area (Å²) in [6.07, 6.45) is 0. The number of benzene rings is 1. The smallest absolute Gasteiger partial charge is 0.351 e. The first-order chi connectivity index (χ1) is 7.91. The predicted molar refractivity (Wildman–Crippen MR) is 61.4 cm³/mol. The summed E-state index contributed by atoms with van der Waals surface area (Å²) >= 11 is 5.52. The lowest BCUT2D eigenvalue weighted by atomic mass is 10.0. The quantitative estimate of drug-likeness (QED) is 0.780. The fourth-order valence-corrected chi connectivity index (χ4v) is 1.70. The summed E-state index contributed by atoms with van der Waals surface area (Å²) in [7, 11) is 0. The van der Waals surface area contributed by atoms with Crippen molar-refractivity contribution in [3.63, 3.8) is 0 Å². The molecule has 4 nitrogen and oxygen atoms in total. The Morgan fingerprint density at radius 1 is 1.29 bits per heavy atom. The number of hydrogen-bond acceptors (Lipinski definition) is 3. The Hall–Kier alpha value is -1.81. The zero-order chi connectivity index (χ0) is 12.7. The number of allylic oxidation sites excluding steroid dienone is 1. The number of aryl methyl sites for hydroxylation is 2. The lowest BCUT2D eigenvalue weighted by Crippen LogP contribution is -2.07. The second kappa shape index (κ2) is 3.89. The number of Topliss-reactive ketones (excluding diaryl/α,β-unsaturated/α-hetero) is 1.